The van der Waals surface area contributed by atoms with E-state index in [0.717, 1.165) is 5.56 Å². The van der Waals surface area contributed by atoms with Gasteiger partial charge in [0.25, 0.3) is 0 Å². The number of methoxy groups -OCH3 is 1. The molecule has 23 heavy (non-hydrogen) atoms. The first kappa shape index (κ1) is 19.4. The van der Waals surface area contributed by atoms with Crippen LogP contribution < -0.4 is 9.16 Å². The zero-order chi connectivity index (χ0) is 17.5. The number of hydrogen-bond acceptors (Lipinski definition) is 6. The van der Waals surface area contributed by atoms with Gasteiger partial charge in [-0.25, -0.2) is 9.79 Å². The topological polar surface area (TPSA) is 57.1 Å². The Morgan fingerprint density at radius 3 is 2.57 bits per heavy atom. The minimum atomic E-state index is -1.73. The minimum absolute atomic E-state index is 0.300. The monoisotopic (exact) mass is 353 g/mol. The van der Waals surface area contributed by atoms with Gasteiger partial charge in [0.15, 0.2) is 11.8 Å². The van der Waals surface area contributed by atoms with Crippen molar-refractivity contribution in [3.05, 3.63) is 23.8 Å². The summed E-state index contributed by atoms with van der Waals surface area (Å²) < 4.78 is 16.4. The van der Waals surface area contributed by atoms with Gasteiger partial charge in [-0.1, -0.05) is 6.07 Å². The van der Waals surface area contributed by atoms with Crippen LogP contribution in [0.5, 0.6) is 11.5 Å². The van der Waals surface area contributed by atoms with E-state index in [0.29, 0.717) is 24.5 Å². The predicted molar refractivity (Wildman–Crippen MR) is 96.1 cm³/mol. The lowest BCUT2D eigenvalue weighted by Crippen LogP contribution is -2.29. The van der Waals surface area contributed by atoms with E-state index in [1.165, 1.54) is 0 Å². The molecule has 0 fully saturated rings. The summed E-state index contributed by atoms with van der Waals surface area (Å²) in [6, 6.07) is 4.90. The first-order valence-corrected chi connectivity index (χ1v) is 11.2. The molecule has 0 saturated heterocycles. The number of aliphatic imine (C=N–C) groups is 1. The highest BCUT2D eigenvalue weighted by molar-refractivity contribution is 7.78. The zero-order valence-corrected chi connectivity index (χ0v) is 16.0. The molecule has 0 N–H and O–H groups in total. The van der Waals surface area contributed by atoms with Crippen LogP contribution >= 0.6 is 12.2 Å². The maximum absolute atomic E-state index is 11.9. The molecule has 0 amide bonds. The molecule has 0 aliphatic heterocycles. The summed E-state index contributed by atoms with van der Waals surface area (Å²) in [7, 11) is -0.141. The van der Waals surface area contributed by atoms with Gasteiger partial charge < -0.3 is 13.9 Å². The smallest absolute Gasteiger partial charge is 0.332 e. The molecule has 7 heteroatoms. The van der Waals surface area contributed by atoms with Crippen LogP contribution in [0.3, 0.4) is 0 Å². The van der Waals surface area contributed by atoms with Gasteiger partial charge in [0.2, 0.25) is 8.32 Å². The van der Waals surface area contributed by atoms with Gasteiger partial charge in [0.1, 0.15) is 5.75 Å². The molecular formula is C16H23NO4SSi. The molecule has 0 spiro atoms. The molecule has 0 aliphatic rings. The Balaban J connectivity index is 2.99. The summed E-state index contributed by atoms with van der Waals surface area (Å²) in [6.45, 7) is 8.36. The van der Waals surface area contributed by atoms with Crippen molar-refractivity contribution < 1.29 is 18.7 Å². The van der Waals surface area contributed by atoms with Crippen LogP contribution in [0.2, 0.25) is 19.6 Å². The number of esters is 1. The van der Waals surface area contributed by atoms with E-state index in [1.54, 1.807) is 14.0 Å². The third-order valence-electron chi connectivity index (χ3n) is 2.84. The number of nitrogens with zero attached hydrogens (tertiary/aromatic N) is 1. The molecule has 1 unspecified atom stereocenters. The molecule has 126 valence electrons. The van der Waals surface area contributed by atoms with E-state index in [4.69, 9.17) is 13.9 Å². The highest BCUT2D eigenvalue weighted by atomic mass is 32.1. The van der Waals surface area contributed by atoms with Crippen molar-refractivity contribution >= 4 is 31.7 Å². The Hall–Kier alpha value is -1.69. The fourth-order valence-electron chi connectivity index (χ4n) is 1.96. The quantitative estimate of drug-likeness (QED) is 0.310. The number of isothiocyanates is 1. The molecule has 0 heterocycles. The predicted octanol–water partition coefficient (Wildman–Crippen LogP) is 3.49. The van der Waals surface area contributed by atoms with Crippen LogP contribution in [-0.2, 0) is 16.0 Å². The lowest BCUT2D eigenvalue weighted by atomic mass is 10.1. The average Bonchev–Trinajstić information content (AvgIpc) is 2.47. The Morgan fingerprint density at radius 2 is 2.04 bits per heavy atom. The molecule has 1 rings (SSSR count). The lowest BCUT2D eigenvalue weighted by Gasteiger charge is -2.21. The number of hydrogen-bond donors (Lipinski definition) is 0. The standard InChI is InChI=1S/C16H23NO4SSi/c1-6-20-16(18)13(17-11-22)9-12-7-8-14(15(10-12)19-2)21-23(3,4)5/h7-8,10,13H,6,9H2,1-5H3. The average molecular weight is 354 g/mol. The van der Waals surface area contributed by atoms with Crippen molar-refractivity contribution in [2.45, 2.75) is 39.0 Å². The highest BCUT2D eigenvalue weighted by Crippen LogP contribution is 2.30. The minimum Gasteiger partial charge on any atom is -0.542 e. The summed E-state index contributed by atoms with van der Waals surface area (Å²) >= 11 is 4.61. The van der Waals surface area contributed by atoms with Crippen molar-refractivity contribution in [2.75, 3.05) is 13.7 Å². The Labute approximate surface area is 143 Å². The molecule has 0 radical (unpaired) electrons. The van der Waals surface area contributed by atoms with E-state index in [2.05, 4.69) is 42.0 Å². The zero-order valence-electron chi connectivity index (χ0n) is 14.2. The van der Waals surface area contributed by atoms with Crippen molar-refractivity contribution in [1.29, 1.82) is 0 Å². The van der Waals surface area contributed by atoms with Crippen LogP contribution in [0.1, 0.15) is 12.5 Å². The summed E-state index contributed by atoms with van der Waals surface area (Å²) in [6.07, 6.45) is 0.367. The summed E-state index contributed by atoms with van der Waals surface area (Å²) in [5.41, 5.74) is 0.886. The Bertz CT molecular complexity index is 594. The van der Waals surface area contributed by atoms with Gasteiger partial charge in [0, 0.05) is 6.42 Å². The van der Waals surface area contributed by atoms with Crippen LogP contribution in [0.25, 0.3) is 0 Å². The molecule has 1 aromatic rings. The van der Waals surface area contributed by atoms with E-state index >= 15 is 0 Å². The van der Waals surface area contributed by atoms with Gasteiger partial charge in [-0.2, -0.15) is 0 Å². The van der Waals surface area contributed by atoms with E-state index in [-0.39, 0.29) is 0 Å². The SMILES string of the molecule is CCOC(=O)C(Cc1ccc(O[Si](C)(C)C)c(OC)c1)N=C=S. The molecule has 0 aromatic heterocycles. The maximum atomic E-state index is 11.9. The number of rotatable bonds is 8. The fraction of sp³-hybridized carbons (Fsp3) is 0.500. The molecule has 1 aromatic carbocycles. The normalized spacial score (nSPS) is 12.0. The van der Waals surface area contributed by atoms with Gasteiger partial charge in [-0.3, -0.25) is 0 Å². The molecule has 1 atom stereocenters. The molecular weight excluding hydrogens is 330 g/mol. The van der Waals surface area contributed by atoms with E-state index in [9.17, 15) is 4.79 Å². The second kappa shape index (κ2) is 8.81. The highest BCUT2D eigenvalue weighted by Gasteiger charge is 2.22. The third kappa shape index (κ3) is 6.52. The summed E-state index contributed by atoms with van der Waals surface area (Å²) in [4.78, 5) is 15.8. The van der Waals surface area contributed by atoms with Gasteiger partial charge in [-0.05, 0) is 56.5 Å². The van der Waals surface area contributed by atoms with Crippen molar-refractivity contribution in [2.24, 2.45) is 4.99 Å². The van der Waals surface area contributed by atoms with Crippen LogP contribution in [0, 0.1) is 0 Å². The van der Waals surface area contributed by atoms with Gasteiger partial charge >= 0.3 is 5.97 Å². The van der Waals surface area contributed by atoms with Crippen molar-refractivity contribution in [3.8, 4) is 11.5 Å². The number of carbonyl (C=O) groups is 1. The maximum Gasteiger partial charge on any atom is 0.332 e. The Morgan fingerprint density at radius 1 is 1.35 bits per heavy atom. The largest absolute Gasteiger partial charge is 0.542 e. The summed E-state index contributed by atoms with van der Waals surface area (Å²) in [5, 5.41) is 2.26. The van der Waals surface area contributed by atoms with Crippen LogP contribution in [0.4, 0.5) is 0 Å². The first-order valence-electron chi connectivity index (χ1n) is 7.40. The van der Waals surface area contributed by atoms with E-state index in [1.807, 2.05) is 18.2 Å². The molecule has 0 bridgehead atoms. The van der Waals surface area contributed by atoms with Crippen molar-refractivity contribution in [3.63, 3.8) is 0 Å². The van der Waals surface area contributed by atoms with Crippen molar-refractivity contribution in [1.82, 2.24) is 0 Å². The van der Waals surface area contributed by atoms with Crippen LogP contribution in [0.15, 0.2) is 23.2 Å². The third-order valence-corrected chi connectivity index (χ3v) is 3.78. The number of ether oxygens (including phenoxy) is 2. The lowest BCUT2D eigenvalue weighted by molar-refractivity contribution is -0.144. The molecule has 0 saturated carbocycles. The van der Waals surface area contributed by atoms with Gasteiger partial charge in [0.05, 0.1) is 18.9 Å². The van der Waals surface area contributed by atoms with E-state index < -0.39 is 20.3 Å². The molecule has 5 nitrogen and oxygen atoms in total. The number of carbonyl (C=O) groups excluding carboxylic acids is 1. The first-order chi connectivity index (χ1) is 10.8. The van der Waals surface area contributed by atoms with Gasteiger partial charge in [-0.15, -0.1) is 0 Å². The van der Waals surface area contributed by atoms with Crippen LogP contribution in [-0.4, -0.2) is 39.2 Å². The second-order valence-corrected chi connectivity index (χ2v) is 10.5. The second-order valence-electron chi connectivity index (χ2n) is 5.89. The summed E-state index contributed by atoms with van der Waals surface area (Å²) in [5.74, 6) is 0.937. The molecule has 0 aliphatic carbocycles. The number of benzene rings is 1. The fourth-order valence-corrected chi connectivity index (χ4v) is 2.92. The Kier molecular flexibility index (Phi) is 7.42. The number of thiocarbonyl (C=S) groups is 1.